The number of rotatable bonds is 2. The first-order valence-electron chi connectivity index (χ1n) is 7.81. The number of nitrogens with zero attached hydrogens (tertiary/aromatic N) is 2. The number of carbonyl (C=O) groups is 1. The Kier molecular flexibility index (Phi) is 4.18. The van der Waals surface area contributed by atoms with Crippen LogP contribution in [0.5, 0.6) is 0 Å². The van der Waals surface area contributed by atoms with Crippen molar-refractivity contribution in [1.82, 2.24) is 15.3 Å². The van der Waals surface area contributed by atoms with Gasteiger partial charge in [-0.3, -0.25) is 14.8 Å². The van der Waals surface area contributed by atoms with Gasteiger partial charge in [0.25, 0.3) is 5.91 Å². The zero-order valence-corrected chi connectivity index (χ0v) is 13.1. The lowest BCUT2D eigenvalue weighted by atomic mass is 10.1. The van der Waals surface area contributed by atoms with Gasteiger partial charge in [-0.25, -0.2) is 0 Å². The summed E-state index contributed by atoms with van der Waals surface area (Å²) in [6.45, 7) is 3.81. The predicted octanol–water partition coefficient (Wildman–Crippen LogP) is 2.77. The average Bonchev–Trinajstić information content (AvgIpc) is 2.68. The molecular formula is C18H21N3O. The minimum Gasteiger partial charge on any atom is -0.349 e. The minimum atomic E-state index is -0.0330. The first-order chi connectivity index (χ1) is 10.6. The maximum Gasteiger partial charge on any atom is 0.253 e. The van der Waals surface area contributed by atoms with Gasteiger partial charge in [0, 0.05) is 30.0 Å². The molecule has 0 saturated heterocycles. The fourth-order valence-corrected chi connectivity index (χ4v) is 3.07. The Morgan fingerprint density at radius 2 is 2.14 bits per heavy atom. The van der Waals surface area contributed by atoms with Crippen LogP contribution in [0, 0.1) is 13.8 Å². The molecular weight excluding hydrogens is 274 g/mol. The molecule has 1 atom stereocenters. The number of aromatic nitrogens is 2. The van der Waals surface area contributed by atoms with E-state index in [9.17, 15) is 4.79 Å². The third kappa shape index (κ3) is 3.16. The molecule has 2 aromatic rings. The van der Waals surface area contributed by atoms with Gasteiger partial charge in [-0.2, -0.15) is 0 Å². The van der Waals surface area contributed by atoms with Crippen molar-refractivity contribution in [3.8, 4) is 0 Å². The molecule has 0 bridgehead atoms. The zero-order valence-electron chi connectivity index (χ0n) is 13.1. The standard InChI is InChI=1S/C18H21N3O/c1-12-8-9-16(13(2)20-12)18(22)21-15-7-3-5-14-6-4-10-19-17(14)11-15/h4,6,8-10,15H,3,5,7,11H2,1-2H3,(H,21,22). The molecule has 0 spiro atoms. The summed E-state index contributed by atoms with van der Waals surface area (Å²) < 4.78 is 0. The fourth-order valence-electron chi connectivity index (χ4n) is 3.07. The van der Waals surface area contributed by atoms with Crippen molar-refractivity contribution in [2.45, 2.75) is 45.6 Å². The first kappa shape index (κ1) is 14.7. The van der Waals surface area contributed by atoms with Crippen LogP contribution < -0.4 is 5.32 Å². The summed E-state index contributed by atoms with van der Waals surface area (Å²) in [5, 5.41) is 3.16. The number of hydrogen-bond donors (Lipinski definition) is 1. The van der Waals surface area contributed by atoms with E-state index < -0.39 is 0 Å². The van der Waals surface area contributed by atoms with Crippen molar-refractivity contribution < 1.29 is 4.79 Å². The molecule has 1 N–H and O–H groups in total. The van der Waals surface area contributed by atoms with E-state index in [0.717, 1.165) is 42.8 Å². The molecule has 22 heavy (non-hydrogen) atoms. The summed E-state index contributed by atoms with van der Waals surface area (Å²) in [4.78, 5) is 21.3. The molecule has 1 aliphatic carbocycles. The van der Waals surface area contributed by atoms with E-state index in [4.69, 9.17) is 0 Å². The lowest BCUT2D eigenvalue weighted by molar-refractivity contribution is 0.0933. The number of carbonyl (C=O) groups excluding carboxylic acids is 1. The normalized spacial score (nSPS) is 17.5. The monoisotopic (exact) mass is 295 g/mol. The van der Waals surface area contributed by atoms with E-state index in [0.29, 0.717) is 5.56 Å². The van der Waals surface area contributed by atoms with E-state index in [1.54, 1.807) is 0 Å². The van der Waals surface area contributed by atoms with Crippen LogP contribution in [-0.2, 0) is 12.8 Å². The molecule has 0 aliphatic heterocycles. The van der Waals surface area contributed by atoms with Crippen molar-refractivity contribution in [3.63, 3.8) is 0 Å². The number of amides is 1. The maximum atomic E-state index is 12.5. The Bertz CT molecular complexity index is 696. The van der Waals surface area contributed by atoms with Gasteiger partial charge < -0.3 is 5.32 Å². The molecule has 0 radical (unpaired) electrons. The topological polar surface area (TPSA) is 54.9 Å². The summed E-state index contributed by atoms with van der Waals surface area (Å²) in [5.41, 5.74) is 4.80. The van der Waals surface area contributed by atoms with Gasteiger partial charge >= 0.3 is 0 Å². The first-order valence-corrected chi connectivity index (χ1v) is 7.81. The van der Waals surface area contributed by atoms with Gasteiger partial charge in [0.15, 0.2) is 0 Å². The molecule has 1 aliphatic rings. The molecule has 1 amide bonds. The van der Waals surface area contributed by atoms with E-state index in [1.807, 2.05) is 38.2 Å². The summed E-state index contributed by atoms with van der Waals surface area (Å²) in [6.07, 6.45) is 5.74. The lowest BCUT2D eigenvalue weighted by Gasteiger charge is -2.17. The molecule has 114 valence electrons. The largest absolute Gasteiger partial charge is 0.349 e. The van der Waals surface area contributed by atoms with Crippen LogP contribution in [0.25, 0.3) is 0 Å². The molecule has 0 saturated carbocycles. The third-order valence-electron chi connectivity index (χ3n) is 4.23. The van der Waals surface area contributed by atoms with E-state index in [-0.39, 0.29) is 11.9 Å². The van der Waals surface area contributed by atoms with Crippen molar-refractivity contribution >= 4 is 5.91 Å². The highest BCUT2D eigenvalue weighted by Gasteiger charge is 2.20. The van der Waals surface area contributed by atoms with Crippen LogP contribution >= 0.6 is 0 Å². The van der Waals surface area contributed by atoms with Crippen LogP contribution in [0.3, 0.4) is 0 Å². The average molecular weight is 295 g/mol. The second kappa shape index (κ2) is 6.26. The molecule has 0 aromatic carbocycles. The smallest absolute Gasteiger partial charge is 0.253 e. The number of fused-ring (bicyclic) bond motifs is 1. The molecule has 1 unspecified atom stereocenters. The van der Waals surface area contributed by atoms with E-state index in [1.165, 1.54) is 5.56 Å². The van der Waals surface area contributed by atoms with Gasteiger partial charge in [-0.05, 0) is 56.9 Å². The molecule has 4 nitrogen and oxygen atoms in total. The second-order valence-electron chi connectivity index (χ2n) is 5.96. The van der Waals surface area contributed by atoms with Gasteiger partial charge in [0.05, 0.1) is 11.3 Å². The summed E-state index contributed by atoms with van der Waals surface area (Å²) in [6, 6.07) is 8.01. The Hall–Kier alpha value is -2.23. The highest BCUT2D eigenvalue weighted by atomic mass is 16.1. The van der Waals surface area contributed by atoms with Crippen LogP contribution in [0.1, 0.15) is 45.8 Å². The third-order valence-corrected chi connectivity index (χ3v) is 4.23. The number of pyridine rings is 2. The Labute approximate surface area is 131 Å². The molecule has 4 heteroatoms. The zero-order chi connectivity index (χ0) is 15.5. The molecule has 2 aromatic heterocycles. The number of hydrogen-bond acceptors (Lipinski definition) is 3. The van der Waals surface area contributed by atoms with Gasteiger partial charge in [0.1, 0.15) is 0 Å². The van der Waals surface area contributed by atoms with Crippen molar-refractivity contribution in [2.24, 2.45) is 0 Å². The Morgan fingerprint density at radius 3 is 2.95 bits per heavy atom. The number of aryl methyl sites for hydroxylation is 3. The molecule has 3 rings (SSSR count). The minimum absolute atomic E-state index is 0.0330. The van der Waals surface area contributed by atoms with E-state index in [2.05, 4.69) is 21.4 Å². The van der Waals surface area contributed by atoms with Crippen molar-refractivity contribution in [3.05, 3.63) is 58.7 Å². The summed E-state index contributed by atoms with van der Waals surface area (Å²) >= 11 is 0. The van der Waals surface area contributed by atoms with Gasteiger partial charge in [0.2, 0.25) is 0 Å². The van der Waals surface area contributed by atoms with Crippen LogP contribution in [-0.4, -0.2) is 21.9 Å². The fraction of sp³-hybridized carbons (Fsp3) is 0.389. The quantitative estimate of drug-likeness (QED) is 0.867. The SMILES string of the molecule is Cc1ccc(C(=O)NC2CCCc3cccnc3C2)c(C)n1. The Morgan fingerprint density at radius 1 is 1.27 bits per heavy atom. The van der Waals surface area contributed by atoms with Crippen LogP contribution in [0.15, 0.2) is 30.5 Å². The summed E-state index contributed by atoms with van der Waals surface area (Å²) in [7, 11) is 0. The van der Waals surface area contributed by atoms with E-state index >= 15 is 0 Å². The second-order valence-corrected chi connectivity index (χ2v) is 5.96. The number of nitrogens with one attached hydrogen (secondary N) is 1. The van der Waals surface area contributed by atoms with Gasteiger partial charge in [-0.15, -0.1) is 0 Å². The molecule has 2 heterocycles. The highest BCUT2D eigenvalue weighted by Crippen LogP contribution is 2.19. The van der Waals surface area contributed by atoms with Crippen LogP contribution in [0.4, 0.5) is 0 Å². The van der Waals surface area contributed by atoms with Crippen LogP contribution in [0.2, 0.25) is 0 Å². The van der Waals surface area contributed by atoms with Crippen molar-refractivity contribution in [1.29, 1.82) is 0 Å². The molecule has 0 fully saturated rings. The maximum absolute atomic E-state index is 12.5. The Balaban J connectivity index is 1.74. The highest BCUT2D eigenvalue weighted by molar-refractivity contribution is 5.95. The predicted molar refractivity (Wildman–Crippen MR) is 85.8 cm³/mol. The van der Waals surface area contributed by atoms with Gasteiger partial charge in [-0.1, -0.05) is 6.07 Å². The summed E-state index contributed by atoms with van der Waals surface area (Å²) in [5.74, 6) is -0.0330. The van der Waals surface area contributed by atoms with Crippen molar-refractivity contribution in [2.75, 3.05) is 0 Å². The lowest BCUT2D eigenvalue weighted by Crippen LogP contribution is -2.36.